The fourth-order valence-electron chi connectivity index (χ4n) is 2.01. The molecule has 0 heterocycles. The summed E-state index contributed by atoms with van der Waals surface area (Å²) in [5, 5.41) is 2.71. The van der Waals surface area contributed by atoms with E-state index in [0.29, 0.717) is 5.69 Å². The molecular formula is C18H17NO2. The van der Waals surface area contributed by atoms with E-state index in [1.165, 1.54) is 30.2 Å². The average Bonchev–Trinajstić information content (AvgIpc) is 2.47. The number of amides is 1. The molecule has 0 unspecified atom stereocenters. The summed E-state index contributed by atoms with van der Waals surface area (Å²) in [5.41, 5.74) is 4.18. The van der Waals surface area contributed by atoms with Crippen molar-refractivity contribution in [1.82, 2.24) is 0 Å². The van der Waals surface area contributed by atoms with Gasteiger partial charge < -0.3 is 5.32 Å². The van der Waals surface area contributed by atoms with Crippen molar-refractivity contribution in [1.29, 1.82) is 0 Å². The van der Waals surface area contributed by atoms with Crippen molar-refractivity contribution in [3.8, 4) is 11.1 Å². The predicted molar refractivity (Wildman–Crippen MR) is 85.1 cm³/mol. The molecule has 21 heavy (non-hydrogen) atoms. The first-order valence-electron chi connectivity index (χ1n) is 6.72. The number of rotatable bonds is 4. The van der Waals surface area contributed by atoms with Crippen LogP contribution < -0.4 is 5.32 Å². The van der Waals surface area contributed by atoms with Crippen LogP contribution in [0.3, 0.4) is 0 Å². The first-order valence-corrected chi connectivity index (χ1v) is 6.72. The molecule has 0 aliphatic rings. The molecule has 0 atom stereocenters. The first-order chi connectivity index (χ1) is 10.1. The lowest BCUT2D eigenvalue weighted by Gasteiger charge is -2.07. The van der Waals surface area contributed by atoms with E-state index in [1.807, 2.05) is 36.4 Å². The Hall–Kier alpha value is -2.68. The van der Waals surface area contributed by atoms with E-state index in [2.05, 4.69) is 24.4 Å². The molecule has 0 radical (unpaired) electrons. The number of carbonyl (C=O) groups is 2. The number of ketones is 1. The molecular weight excluding hydrogens is 262 g/mol. The highest BCUT2D eigenvalue weighted by molar-refractivity contribution is 6.03. The van der Waals surface area contributed by atoms with Crippen LogP contribution in [0.15, 0.2) is 60.7 Å². The molecule has 2 aromatic rings. The number of nitrogens with one attached hydrogen (secondary N) is 1. The van der Waals surface area contributed by atoms with Crippen LogP contribution in [0.4, 0.5) is 5.69 Å². The van der Waals surface area contributed by atoms with Crippen LogP contribution in [0.25, 0.3) is 11.1 Å². The van der Waals surface area contributed by atoms with Gasteiger partial charge in [0.2, 0.25) is 5.91 Å². The van der Waals surface area contributed by atoms with Gasteiger partial charge in [-0.3, -0.25) is 9.59 Å². The molecule has 0 saturated heterocycles. The lowest BCUT2D eigenvalue weighted by Crippen LogP contribution is -2.08. The summed E-state index contributed by atoms with van der Waals surface area (Å²) >= 11 is 0. The molecule has 0 bridgehead atoms. The van der Waals surface area contributed by atoms with Crippen LogP contribution in [-0.4, -0.2) is 11.7 Å². The van der Waals surface area contributed by atoms with Crippen molar-refractivity contribution in [2.24, 2.45) is 0 Å². The zero-order valence-corrected chi connectivity index (χ0v) is 12.1. The molecule has 106 valence electrons. The quantitative estimate of drug-likeness (QED) is 0.866. The normalized spacial score (nSPS) is 10.6. The number of hydrogen-bond donors (Lipinski definition) is 1. The maximum absolute atomic E-state index is 11.6. The number of carbonyl (C=O) groups excluding carboxylic acids is 2. The number of benzene rings is 2. The van der Waals surface area contributed by atoms with E-state index >= 15 is 0 Å². The van der Waals surface area contributed by atoms with Gasteiger partial charge in [0.05, 0.1) is 0 Å². The Balaban J connectivity index is 2.11. The molecule has 3 heteroatoms. The van der Waals surface area contributed by atoms with Crippen molar-refractivity contribution >= 4 is 17.4 Å². The second kappa shape index (κ2) is 6.66. The van der Waals surface area contributed by atoms with Gasteiger partial charge >= 0.3 is 0 Å². The summed E-state index contributed by atoms with van der Waals surface area (Å²) in [6, 6.07) is 15.8. The second-order valence-electron chi connectivity index (χ2n) is 4.83. The van der Waals surface area contributed by atoms with E-state index in [1.54, 1.807) is 0 Å². The molecule has 0 aromatic heterocycles. The molecule has 3 nitrogen and oxygen atoms in total. The van der Waals surface area contributed by atoms with Crippen molar-refractivity contribution in [3.05, 3.63) is 66.2 Å². The van der Waals surface area contributed by atoms with Gasteiger partial charge in [-0.2, -0.15) is 0 Å². The number of anilines is 1. The third-order valence-corrected chi connectivity index (χ3v) is 3.08. The van der Waals surface area contributed by atoms with Crippen LogP contribution in [0.2, 0.25) is 0 Å². The zero-order chi connectivity index (χ0) is 15.2. The standard InChI is InChI=1S/C18H17NO2/c1-13-5-3-4-6-17(13)15-8-10-16(11-9-15)19-18(21)12-7-14(2)20/h3-12H,1-2H3,(H,19,21)/b12-7-. The largest absolute Gasteiger partial charge is 0.323 e. The smallest absolute Gasteiger partial charge is 0.248 e. The lowest BCUT2D eigenvalue weighted by atomic mass is 10.0. The minimum absolute atomic E-state index is 0.153. The Morgan fingerprint density at radius 3 is 2.24 bits per heavy atom. The third kappa shape index (κ3) is 4.14. The van der Waals surface area contributed by atoms with Crippen LogP contribution in [0.5, 0.6) is 0 Å². The van der Waals surface area contributed by atoms with Crippen molar-refractivity contribution < 1.29 is 9.59 Å². The van der Waals surface area contributed by atoms with Gasteiger partial charge in [0.25, 0.3) is 0 Å². The molecule has 0 fully saturated rings. The molecule has 0 spiro atoms. The first kappa shape index (κ1) is 14.7. The predicted octanol–water partition coefficient (Wildman–Crippen LogP) is 3.75. The molecule has 0 aliphatic heterocycles. The molecule has 2 rings (SSSR count). The Labute approximate surface area is 124 Å². The Kier molecular flexibility index (Phi) is 4.67. The van der Waals surface area contributed by atoms with Crippen molar-refractivity contribution in [2.45, 2.75) is 13.8 Å². The van der Waals surface area contributed by atoms with E-state index < -0.39 is 0 Å². The van der Waals surface area contributed by atoms with Gasteiger partial charge in [0, 0.05) is 11.8 Å². The molecule has 0 saturated carbocycles. The van der Waals surface area contributed by atoms with Crippen LogP contribution >= 0.6 is 0 Å². The van der Waals surface area contributed by atoms with Crippen LogP contribution in [0, 0.1) is 6.92 Å². The Morgan fingerprint density at radius 1 is 0.952 bits per heavy atom. The number of aryl methyl sites for hydroxylation is 1. The minimum Gasteiger partial charge on any atom is -0.323 e. The summed E-state index contributed by atoms with van der Waals surface area (Å²) in [4.78, 5) is 22.3. The molecule has 1 N–H and O–H groups in total. The van der Waals surface area contributed by atoms with E-state index in [0.717, 1.165) is 5.56 Å². The summed E-state index contributed by atoms with van der Waals surface area (Å²) < 4.78 is 0. The Morgan fingerprint density at radius 2 is 1.62 bits per heavy atom. The van der Waals surface area contributed by atoms with Crippen LogP contribution in [-0.2, 0) is 9.59 Å². The molecule has 2 aromatic carbocycles. The maximum atomic E-state index is 11.6. The summed E-state index contributed by atoms with van der Waals surface area (Å²) in [5.74, 6) is -0.464. The van der Waals surface area contributed by atoms with E-state index in [4.69, 9.17) is 0 Å². The minimum atomic E-state index is -0.311. The van der Waals surface area contributed by atoms with Gasteiger partial charge in [0.15, 0.2) is 5.78 Å². The van der Waals surface area contributed by atoms with Gasteiger partial charge in [-0.25, -0.2) is 0 Å². The average molecular weight is 279 g/mol. The molecule has 0 aliphatic carbocycles. The van der Waals surface area contributed by atoms with Gasteiger partial charge in [0.1, 0.15) is 0 Å². The summed E-state index contributed by atoms with van der Waals surface area (Å²) in [6.45, 7) is 3.47. The fourth-order valence-corrected chi connectivity index (χ4v) is 2.01. The lowest BCUT2D eigenvalue weighted by molar-refractivity contribution is -0.114. The second-order valence-corrected chi connectivity index (χ2v) is 4.83. The molecule has 1 amide bonds. The highest BCUT2D eigenvalue weighted by atomic mass is 16.1. The number of allylic oxidation sites excluding steroid dienone is 1. The number of hydrogen-bond acceptors (Lipinski definition) is 2. The fraction of sp³-hybridized carbons (Fsp3) is 0.111. The van der Waals surface area contributed by atoms with Gasteiger partial charge in [-0.15, -0.1) is 0 Å². The van der Waals surface area contributed by atoms with Gasteiger partial charge in [-0.1, -0.05) is 36.4 Å². The van der Waals surface area contributed by atoms with E-state index in [9.17, 15) is 9.59 Å². The summed E-state index contributed by atoms with van der Waals surface area (Å²) in [6.07, 6.45) is 2.48. The summed E-state index contributed by atoms with van der Waals surface area (Å²) in [7, 11) is 0. The highest BCUT2D eigenvalue weighted by Gasteiger charge is 2.02. The van der Waals surface area contributed by atoms with E-state index in [-0.39, 0.29) is 11.7 Å². The van der Waals surface area contributed by atoms with Crippen molar-refractivity contribution in [2.75, 3.05) is 5.32 Å². The monoisotopic (exact) mass is 279 g/mol. The third-order valence-electron chi connectivity index (χ3n) is 3.08. The SMILES string of the molecule is CC(=O)/C=C\C(=O)Nc1ccc(-c2ccccc2C)cc1. The topological polar surface area (TPSA) is 46.2 Å². The maximum Gasteiger partial charge on any atom is 0.248 e. The zero-order valence-electron chi connectivity index (χ0n) is 12.1. The van der Waals surface area contributed by atoms with Gasteiger partial charge in [-0.05, 0) is 48.7 Å². The Bertz CT molecular complexity index is 685. The highest BCUT2D eigenvalue weighted by Crippen LogP contribution is 2.24. The van der Waals surface area contributed by atoms with Crippen molar-refractivity contribution in [3.63, 3.8) is 0 Å². The van der Waals surface area contributed by atoms with Crippen LogP contribution in [0.1, 0.15) is 12.5 Å².